The van der Waals surface area contributed by atoms with Gasteiger partial charge in [0.2, 0.25) is 0 Å². The summed E-state index contributed by atoms with van der Waals surface area (Å²) in [5, 5.41) is 21.9. The summed E-state index contributed by atoms with van der Waals surface area (Å²) in [4.78, 5) is 22.1. The van der Waals surface area contributed by atoms with Crippen molar-refractivity contribution in [3.8, 4) is 5.75 Å². The summed E-state index contributed by atoms with van der Waals surface area (Å²) < 4.78 is 23.3. The lowest BCUT2D eigenvalue weighted by atomic mass is 10.1. The first-order valence-corrected chi connectivity index (χ1v) is 8.00. The van der Waals surface area contributed by atoms with Crippen LogP contribution in [0.25, 0.3) is 0 Å². The molecule has 1 atom stereocenters. The summed E-state index contributed by atoms with van der Waals surface area (Å²) >= 11 is 0. The normalized spacial score (nSPS) is 20.1. The zero-order valence-corrected chi connectivity index (χ0v) is 11.8. The largest absolute Gasteiger partial charge is 0.508 e. The van der Waals surface area contributed by atoms with Crippen LogP contribution in [0.1, 0.15) is 23.2 Å². The van der Waals surface area contributed by atoms with Crippen molar-refractivity contribution in [2.75, 3.05) is 12.3 Å². The molecule has 1 amide bonds. The van der Waals surface area contributed by atoms with Crippen molar-refractivity contribution in [2.45, 2.75) is 18.1 Å². The number of aromatic hydroxyl groups is 1. The second kappa shape index (κ2) is 5.68. The number of nitro groups is 1. The number of nitrogens with one attached hydrogen (secondary N) is 1. The summed E-state index contributed by atoms with van der Waals surface area (Å²) in [6.07, 6.45) is 1.01. The fourth-order valence-electron chi connectivity index (χ4n) is 2.25. The van der Waals surface area contributed by atoms with Crippen LogP contribution < -0.4 is 5.32 Å². The van der Waals surface area contributed by atoms with Crippen LogP contribution in [0.4, 0.5) is 5.69 Å². The zero-order valence-electron chi connectivity index (χ0n) is 11.0. The van der Waals surface area contributed by atoms with Crippen LogP contribution in [-0.4, -0.2) is 41.9 Å². The number of nitro benzene ring substituents is 1. The lowest BCUT2D eigenvalue weighted by Crippen LogP contribution is -2.34. The second-order valence-corrected chi connectivity index (χ2v) is 7.20. The van der Waals surface area contributed by atoms with Crippen molar-refractivity contribution in [3.63, 3.8) is 0 Å². The van der Waals surface area contributed by atoms with Crippen LogP contribution in [0, 0.1) is 10.1 Å². The van der Waals surface area contributed by atoms with E-state index in [0.29, 0.717) is 12.8 Å². The van der Waals surface area contributed by atoms with Gasteiger partial charge in [-0.05, 0) is 25.0 Å². The molecule has 0 aliphatic carbocycles. The predicted octanol–water partition coefficient (Wildman–Crippen LogP) is 0.607. The van der Waals surface area contributed by atoms with E-state index >= 15 is 0 Å². The molecule has 1 heterocycles. The molecule has 1 aliphatic heterocycles. The summed E-state index contributed by atoms with van der Waals surface area (Å²) in [7, 11) is -3.20. The lowest BCUT2D eigenvalue weighted by molar-refractivity contribution is -0.385. The molecule has 0 spiro atoms. The van der Waals surface area contributed by atoms with Crippen molar-refractivity contribution in [1.82, 2.24) is 5.32 Å². The smallest absolute Gasteiger partial charge is 0.282 e. The third-order valence-corrected chi connectivity index (χ3v) is 5.65. The molecule has 1 fully saturated rings. The third kappa shape index (κ3) is 3.30. The maximum Gasteiger partial charge on any atom is 0.282 e. The fourth-order valence-corrected chi connectivity index (χ4v) is 4.02. The van der Waals surface area contributed by atoms with Gasteiger partial charge in [-0.3, -0.25) is 14.9 Å². The molecule has 8 nitrogen and oxygen atoms in total. The Hall–Kier alpha value is -2.16. The first-order chi connectivity index (χ1) is 9.81. The van der Waals surface area contributed by atoms with Gasteiger partial charge in [0.25, 0.3) is 11.6 Å². The Kier molecular flexibility index (Phi) is 4.12. The highest BCUT2D eigenvalue weighted by Gasteiger charge is 2.32. The van der Waals surface area contributed by atoms with Crippen molar-refractivity contribution < 1.29 is 23.2 Å². The average Bonchev–Trinajstić information content (AvgIpc) is 2.74. The molecule has 0 saturated carbocycles. The number of nitrogens with zero attached hydrogens (tertiary/aromatic N) is 1. The number of hydrogen-bond donors (Lipinski definition) is 2. The molecule has 114 valence electrons. The van der Waals surface area contributed by atoms with Crippen LogP contribution in [0.15, 0.2) is 18.2 Å². The predicted molar refractivity (Wildman–Crippen MR) is 73.9 cm³/mol. The van der Waals surface area contributed by atoms with E-state index < -0.39 is 31.6 Å². The van der Waals surface area contributed by atoms with Gasteiger partial charge >= 0.3 is 0 Å². The Balaban J connectivity index is 2.14. The number of rotatable bonds is 4. The number of sulfone groups is 1. The van der Waals surface area contributed by atoms with Gasteiger partial charge in [0, 0.05) is 12.6 Å². The van der Waals surface area contributed by atoms with E-state index in [1.807, 2.05) is 0 Å². The quantitative estimate of drug-likeness (QED) is 0.619. The molecule has 9 heteroatoms. The zero-order chi connectivity index (χ0) is 15.6. The highest BCUT2D eigenvalue weighted by atomic mass is 32.2. The van der Waals surface area contributed by atoms with Crippen LogP contribution in [0.2, 0.25) is 0 Å². The van der Waals surface area contributed by atoms with E-state index in [1.165, 1.54) is 0 Å². The number of benzene rings is 1. The molecule has 0 aromatic heterocycles. The number of carbonyl (C=O) groups is 1. The summed E-state index contributed by atoms with van der Waals surface area (Å²) in [6.45, 7) is -0.0893. The van der Waals surface area contributed by atoms with E-state index in [4.69, 9.17) is 0 Å². The van der Waals surface area contributed by atoms with Crippen molar-refractivity contribution in [3.05, 3.63) is 33.9 Å². The monoisotopic (exact) mass is 314 g/mol. The fraction of sp³-hybridized carbons (Fsp3) is 0.417. The standard InChI is InChI=1S/C12H14N2O6S/c15-8-3-4-11(14(17)18)10(6-8)12(16)13-7-9-2-1-5-21(9,19)20/h3-4,6,9,15H,1-2,5,7H2,(H,13,16). The summed E-state index contributed by atoms with van der Waals surface area (Å²) in [5.41, 5.74) is -0.741. The van der Waals surface area contributed by atoms with Crippen LogP contribution in [0.5, 0.6) is 5.75 Å². The Morgan fingerprint density at radius 3 is 2.76 bits per heavy atom. The van der Waals surface area contributed by atoms with E-state index in [1.54, 1.807) is 0 Å². The number of hydrogen-bond acceptors (Lipinski definition) is 6. The molecule has 2 rings (SSSR count). The van der Waals surface area contributed by atoms with Crippen LogP contribution in [0.3, 0.4) is 0 Å². The number of carbonyl (C=O) groups excluding carboxylic acids is 1. The van der Waals surface area contributed by atoms with Gasteiger partial charge in [-0.25, -0.2) is 8.42 Å². The summed E-state index contributed by atoms with van der Waals surface area (Å²) in [5.74, 6) is -0.960. The average molecular weight is 314 g/mol. The second-order valence-electron chi connectivity index (χ2n) is 4.80. The number of phenolic OH excluding ortho intramolecular Hbond substituents is 1. The first-order valence-electron chi connectivity index (χ1n) is 6.28. The minimum Gasteiger partial charge on any atom is -0.508 e. The first kappa shape index (κ1) is 15.2. The minimum atomic E-state index is -3.20. The van der Waals surface area contributed by atoms with Gasteiger partial charge in [0.05, 0.1) is 15.9 Å². The Bertz CT molecular complexity index is 685. The Labute approximate surface area is 120 Å². The van der Waals surface area contributed by atoms with E-state index in [9.17, 15) is 28.4 Å². The van der Waals surface area contributed by atoms with Gasteiger partial charge in [-0.15, -0.1) is 0 Å². The number of phenols is 1. The van der Waals surface area contributed by atoms with E-state index in [0.717, 1.165) is 18.2 Å². The lowest BCUT2D eigenvalue weighted by Gasteiger charge is -2.11. The molecule has 2 N–H and O–H groups in total. The van der Waals surface area contributed by atoms with Crippen molar-refractivity contribution in [2.24, 2.45) is 0 Å². The van der Waals surface area contributed by atoms with Crippen molar-refractivity contribution in [1.29, 1.82) is 0 Å². The minimum absolute atomic E-state index is 0.0893. The molecule has 1 aromatic rings. The maximum atomic E-state index is 12.0. The van der Waals surface area contributed by atoms with Gasteiger partial charge in [0.1, 0.15) is 11.3 Å². The molecule has 1 saturated heterocycles. The SMILES string of the molecule is O=C(NCC1CCCS1(=O)=O)c1cc(O)ccc1[N+](=O)[O-]. The molecule has 0 radical (unpaired) electrons. The highest BCUT2D eigenvalue weighted by molar-refractivity contribution is 7.92. The van der Waals surface area contributed by atoms with Gasteiger partial charge < -0.3 is 10.4 Å². The van der Waals surface area contributed by atoms with E-state index in [2.05, 4.69) is 5.32 Å². The molecule has 1 aromatic carbocycles. The number of amides is 1. The Morgan fingerprint density at radius 1 is 1.48 bits per heavy atom. The van der Waals surface area contributed by atoms with E-state index in [-0.39, 0.29) is 23.6 Å². The molecule has 1 unspecified atom stereocenters. The molecular formula is C12H14N2O6S. The third-order valence-electron chi connectivity index (χ3n) is 3.37. The van der Waals surface area contributed by atoms with Crippen molar-refractivity contribution >= 4 is 21.4 Å². The molecule has 21 heavy (non-hydrogen) atoms. The van der Waals surface area contributed by atoms with Gasteiger partial charge in [0.15, 0.2) is 9.84 Å². The molecule has 0 bridgehead atoms. The highest BCUT2D eigenvalue weighted by Crippen LogP contribution is 2.24. The molecule has 1 aliphatic rings. The topological polar surface area (TPSA) is 127 Å². The van der Waals surface area contributed by atoms with Crippen LogP contribution >= 0.6 is 0 Å². The van der Waals surface area contributed by atoms with Gasteiger partial charge in [-0.1, -0.05) is 0 Å². The van der Waals surface area contributed by atoms with Crippen LogP contribution in [-0.2, 0) is 9.84 Å². The Morgan fingerprint density at radius 2 is 2.19 bits per heavy atom. The molecular weight excluding hydrogens is 300 g/mol. The summed E-state index contributed by atoms with van der Waals surface area (Å²) in [6, 6.07) is 3.11. The maximum absolute atomic E-state index is 12.0. The van der Waals surface area contributed by atoms with Gasteiger partial charge in [-0.2, -0.15) is 0 Å².